The van der Waals surface area contributed by atoms with Gasteiger partial charge in [-0.25, -0.2) is 9.97 Å². The summed E-state index contributed by atoms with van der Waals surface area (Å²) in [5.41, 5.74) is 1.10. The van der Waals surface area contributed by atoms with Gasteiger partial charge in [0.25, 0.3) is 5.91 Å². The van der Waals surface area contributed by atoms with Gasteiger partial charge in [-0.1, -0.05) is 17.4 Å². The number of hydrogen-bond acceptors (Lipinski definition) is 5. The average molecular weight is 335 g/mol. The summed E-state index contributed by atoms with van der Waals surface area (Å²) in [6, 6.07) is 5.80. The van der Waals surface area contributed by atoms with Gasteiger partial charge < -0.3 is 0 Å². The minimum atomic E-state index is -0.316. The number of carbonyl (C=O) groups is 1. The molecule has 0 fully saturated rings. The van der Waals surface area contributed by atoms with Gasteiger partial charge in [-0.15, -0.1) is 0 Å². The van der Waals surface area contributed by atoms with Crippen LogP contribution in [0.3, 0.4) is 0 Å². The molecule has 2 aromatic heterocycles. The maximum Gasteiger partial charge on any atom is 0.277 e. The highest BCUT2D eigenvalue weighted by Crippen LogP contribution is 2.30. The molecule has 0 atom stereocenters. The number of aromatic nitrogens is 3. The lowest BCUT2D eigenvalue weighted by Gasteiger charge is -1.98. The van der Waals surface area contributed by atoms with E-state index in [1.807, 2.05) is 18.2 Å². The summed E-state index contributed by atoms with van der Waals surface area (Å²) in [6.45, 7) is 0. The zero-order valence-electron chi connectivity index (χ0n) is 9.50. The monoisotopic (exact) mass is 334 g/mol. The molecule has 19 heavy (non-hydrogen) atoms. The fourth-order valence-electron chi connectivity index (χ4n) is 1.55. The minimum Gasteiger partial charge on any atom is -0.296 e. The van der Waals surface area contributed by atoms with Crippen molar-refractivity contribution >= 4 is 48.5 Å². The Labute approximate surface area is 120 Å². The molecular weight excluding hydrogens is 328 g/mol. The topological polar surface area (TPSA) is 67.8 Å². The smallest absolute Gasteiger partial charge is 0.277 e. The van der Waals surface area contributed by atoms with Crippen LogP contribution in [-0.4, -0.2) is 20.9 Å². The van der Waals surface area contributed by atoms with Crippen LogP contribution in [0.1, 0.15) is 10.5 Å². The van der Waals surface area contributed by atoms with Crippen molar-refractivity contribution in [3.63, 3.8) is 0 Å². The molecule has 5 nitrogen and oxygen atoms in total. The molecule has 0 bridgehead atoms. The minimum absolute atomic E-state index is 0.265. The first-order valence-electron chi connectivity index (χ1n) is 5.36. The first-order chi connectivity index (χ1) is 9.24. The number of thiazole rings is 1. The summed E-state index contributed by atoms with van der Waals surface area (Å²) in [4.78, 5) is 24.1. The van der Waals surface area contributed by atoms with E-state index >= 15 is 0 Å². The summed E-state index contributed by atoms with van der Waals surface area (Å²) in [5.74, 6) is -0.316. The zero-order valence-corrected chi connectivity index (χ0v) is 11.9. The third kappa shape index (κ3) is 2.47. The number of halogens is 1. The lowest BCUT2D eigenvalue weighted by Crippen LogP contribution is -2.13. The molecule has 0 aliphatic carbocycles. The maximum absolute atomic E-state index is 11.9. The van der Waals surface area contributed by atoms with E-state index in [9.17, 15) is 4.79 Å². The number of hydrogen-bond donors (Lipinski definition) is 1. The van der Waals surface area contributed by atoms with Crippen LogP contribution in [0.25, 0.3) is 10.2 Å². The van der Waals surface area contributed by atoms with E-state index in [-0.39, 0.29) is 11.6 Å². The lowest BCUT2D eigenvalue weighted by atomic mass is 10.3. The molecule has 1 N–H and O–H groups in total. The van der Waals surface area contributed by atoms with Gasteiger partial charge in [-0.05, 0) is 28.1 Å². The molecule has 2 heterocycles. The molecule has 0 unspecified atom stereocenters. The number of rotatable bonds is 2. The number of amides is 1. The second kappa shape index (κ2) is 5.02. The SMILES string of the molecule is O=C(Nc1nc2c(Br)cccc2s1)c1cnccn1. The van der Waals surface area contributed by atoms with Crippen molar-refractivity contribution in [1.82, 2.24) is 15.0 Å². The van der Waals surface area contributed by atoms with Crippen molar-refractivity contribution in [2.24, 2.45) is 0 Å². The summed E-state index contributed by atoms with van der Waals surface area (Å²) < 4.78 is 1.91. The van der Waals surface area contributed by atoms with Crippen LogP contribution >= 0.6 is 27.3 Å². The second-order valence-electron chi connectivity index (χ2n) is 3.65. The van der Waals surface area contributed by atoms with Gasteiger partial charge in [0.15, 0.2) is 5.13 Å². The third-order valence-corrected chi connectivity index (χ3v) is 3.96. The van der Waals surface area contributed by atoms with Gasteiger partial charge >= 0.3 is 0 Å². The van der Waals surface area contributed by atoms with E-state index < -0.39 is 0 Å². The van der Waals surface area contributed by atoms with Crippen molar-refractivity contribution in [2.45, 2.75) is 0 Å². The Balaban J connectivity index is 1.90. The van der Waals surface area contributed by atoms with Crippen molar-refractivity contribution in [3.05, 3.63) is 47.0 Å². The van der Waals surface area contributed by atoms with Crippen LogP contribution in [0.2, 0.25) is 0 Å². The van der Waals surface area contributed by atoms with E-state index in [1.54, 1.807) is 0 Å². The number of anilines is 1. The summed E-state index contributed by atoms with van der Waals surface area (Å²) >= 11 is 4.84. The first-order valence-corrected chi connectivity index (χ1v) is 6.97. The normalized spacial score (nSPS) is 10.6. The highest BCUT2D eigenvalue weighted by atomic mass is 79.9. The van der Waals surface area contributed by atoms with E-state index in [1.165, 1.54) is 29.9 Å². The second-order valence-corrected chi connectivity index (χ2v) is 5.54. The molecule has 1 amide bonds. The Hall–Kier alpha value is -1.86. The Kier molecular flexibility index (Phi) is 3.22. The first kappa shape index (κ1) is 12.2. The van der Waals surface area contributed by atoms with Crippen LogP contribution in [0.4, 0.5) is 5.13 Å². The van der Waals surface area contributed by atoms with E-state index in [0.717, 1.165) is 14.7 Å². The third-order valence-electron chi connectivity index (χ3n) is 2.39. The largest absolute Gasteiger partial charge is 0.296 e. The molecule has 0 saturated heterocycles. The molecule has 0 spiro atoms. The standard InChI is InChI=1S/C12H7BrN4OS/c13-7-2-1-3-9-10(7)16-12(19-9)17-11(18)8-6-14-4-5-15-8/h1-6H,(H,16,17,18). The van der Waals surface area contributed by atoms with Gasteiger partial charge in [0.1, 0.15) is 5.69 Å². The number of fused-ring (bicyclic) bond motifs is 1. The number of para-hydroxylation sites is 1. The van der Waals surface area contributed by atoms with Crippen LogP contribution in [0, 0.1) is 0 Å². The van der Waals surface area contributed by atoms with Gasteiger partial charge in [0, 0.05) is 16.9 Å². The molecule has 3 aromatic rings. The van der Waals surface area contributed by atoms with Crippen LogP contribution in [-0.2, 0) is 0 Å². The highest BCUT2D eigenvalue weighted by molar-refractivity contribution is 9.10. The quantitative estimate of drug-likeness (QED) is 0.781. The van der Waals surface area contributed by atoms with Crippen LogP contribution < -0.4 is 5.32 Å². The Morgan fingerprint density at radius 2 is 2.21 bits per heavy atom. The van der Waals surface area contributed by atoms with Crippen LogP contribution in [0.5, 0.6) is 0 Å². The van der Waals surface area contributed by atoms with Gasteiger partial charge in [0.05, 0.1) is 16.4 Å². The molecule has 7 heteroatoms. The number of carbonyl (C=O) groups excluding carboxylic acids is 1. The van der Waals surface area contributed by atoms with E-state index in [4.69, 9.17) is 0 Å². The zero-order chi connectivity index (χ0) is 13.2. The number of benzene rings is 1. The predicted octanol–water partition coefficient (Wildman–Crippen LogP) is 3.10. The van der Waals surface area contributed by atoms with Gasteiger partial charge in [0.2, 0.25) is 0 Å². The summed E-state index contributed by atoms with van der Waals surface area (Å²) in [5, 5.41) is 3.26. The molecule has 1 aromatic carbocycles. The molecule has 3 rings (SSSR count). The van der Waals surface area contributed by atoms with E-state index in [0.29, 0.717) is 5.13 Å². The fourth-order valence-corrected chi connectivity index (χ4v) is 3.02. The molecule has 0 aliphatic rings. The fraction of sp³-hybridized carbons (Fsp3) is 0. The molecule has 94 valence electrons. The molecule has 0 aliphatic heterocycles. The summed E-state index contributed by atoms with van der Waals surface area (Å²) in [7, 11) is 0. The number of nitrogens with one attached hydrogen (secondary N) is 1. The molecular formula is C12H7BrN4OS. The predicted molar refractivity (Wildman–Crippen MR) is 77.3 cm³/mol. The van der Waals surface area contributed by atoms with Crippen molar-refractivity contribution in [1.29, 1.82) is 0 Å². The number of nitrogens with zero attached hydrogens (tertiary/aromatic N) is 3. The Morgan fingerprint density at radius 1 is 1.32 bits per heavy atom. The average Bonchev–Trinajstić information content (AvgIpc) is 2.84. The van der Waals surface area contributed by atoms with E-state index in [2.05, 4.69) is 36.2 Å². The van der Waals surface area contributed by atoms with Crippen molar-refractivity contribution < 1.29 is 4.79 Å². The maximum atomic E-state index is 11.9. The van der Waals surface area contributed by atoms with Crippen molar-refractivity contribution in [2.75, 3.05) is 5.32 Å². The van der Waals surface area contributed by atoms with Gasteiger partial charge in [-0.3, -0.25) is 15.1 Å². The molecule has 0 saturated carbocycles. The lowest BCUT2D eigenvalue weighted by molar-refractivity contribution is 0.102. The summed E-state index contributed by atoms with van der Waals surface area (Å²) in [6.07, 6.45) is 4.41. The Morgan fingerprint density at radius 3 is 2.95 bits per heavy atom. The molecule has 0 radical (unpaired) electrons. The Bertz CT molecular complexity index is 744. The van der Waals surface area contributed by atoms with Crippen LogP contribution in [0.15, 0.2) is 41.3 Å². The van der Waals surface area contributed by atoms with Crippen molar-refractivity contribution in [3.8, 4) is 0 Å². The highest BCUT2D eigenvalue weighted by Gasteiger charge is 2.11. The van der Waals surface area contributed by atoms with Gasteiger partial charge in [-0.2, -0.15) is 0 Å².